The Morgan fingerprint density at radius 1 is 1.44 bits per heavy atom. The first-order valence-corrected chi connectivity index (χ1v) is 4.73. The lowest BCUT2D eigenvalue weighted by atomic mass is 10.2. The molecule has 80 valence electrons. The van der Waals surface area contributed by atoms with Gasteiger partial charge in [-0.2, -0.15) is 0 Å². The van der Waals surface area contributed by atoms with E-state index in [0.29, 0.717) is 18.8 Å². The molecule has 0 aliphatic rings. The standard InChI is InChI=1S/C11H9N3O2/c1-2-3-8-14-10(13-16-11(14)15)9-4-6-12-7-5-9/h1,4-7H,3,8H2. The molecule has 0 aromatic carbocycles. The SMILES string of the molecule is C#CCCn1c(-c2ccncc2)noc1=O. The van der Waals surface area contributed by atoms with Gasteiger partial charge in [-0.15, -0.1) is 12.3 Å². The average molecular weight is 215 g/mol. The molecule has 0 fully saturated rings. The predicted octanol–water partition coefficient (Wildman–Crippen LogP) is 0.922. The maximum absolute atomic E-state index is 11.4. The van der Waals surface area contributed by atoms with E-state index in [1.165, 1.54) is 4.57 Å². The number of aromatic nitrogens is 3. The Kier molecular flexibility index (Phi) is 2.83. The molecule has 0 spiro atoms. The van der Waals surface area contributed by atoms with Crippen molar-refractivity contribution >= 4 is 0 Å². The van der Waals surface area contributed by atoms with Crippen LogP contribution < -0.4 is 5.76 Å². The molecule has 2 rings (SSSR count). The lowest BCUT2D eigenvalue weighted by Gasteiger charge is -2.00. The third kappa shape index (κ3) is 1.86. The second-order valence-corrected chi connectivity index (χ2v) is 3.11. The van der Waals surface area contributed by atoms with E-state index in [1.807, 2.05) is 0 Å². The van der Waals surface area contributed by atoms with E-state index >= 15 is 0 Å². The molecule has 0 bridgehead atoms. The first kappa shape index (κ1) is 10.2. The maximum Gasteiger partial charge on any atom is 0.441 e. The molecular weight excluding hydrogens is 206 g/mol. The number of pyridine rings is 1. The van der Waals surface area contributed by atoms with Gasteiger partial charge >= 0.3 is 5.76 Å². The Morgan fingerprint density at radius 3 is 2.88 bits per heavy atom. The summed E-state index contributed by atoms with van der Waals surface area (Å²) in [6.45, 7) is 0.399. The van der Waals surface area contributed by atoms with Crippen LogP contribution in [0.1, 0.15) is 6.42 Å². The summed E-state index contributed by atoms with van der Waals surface area (Å²) in [6.07, 6.45) is 8.87. The molecular formula is C11H9N3O2. The van der Waals surface area contributed by atoms with Crippen molar-refractivity contribution in [2.75, 3.05) is 0 Å². The molecule has 0 saturated heterocycles. The fraction of sp³-hybridized carbons (Fsp3) is 0.182. The van der Waals surface area contributed by atoms with Crippen molar-refractivity contribution in [1.82, 2.24) is 14.7 Å². The zero-order valence-corrected chi connectivity index (χ0v) is 8.46. The minimum atomic E-state index is -0.498. The van der Waals surface area contributed by atoms with Crippen LogP contribution in [0.25, 0.3) is 11.4 Å². The van der Waals surface area contributed by atoms with Crippen LogP contribution in [0.15, 0.2) is 33.8 Å². The van der Waals surface area contributed by atoms with Gasteiger partial charge in [0.15, 0.2) is 5.82 Å². The number of hydrogen-bond acceptors (Lipinski definition) is 4. The second kappa shape index (κ2) is 4.45. The topological polar surface area (TPSA) is 60.9 Å². The summed E-state index contributed by atoms with van der Waals surface area (Å²) in [4.78, 5) is 15.3. The zero-order chi connectivity index (χ0) is 11.4. The number of nitrogens with zero attached hydrogens (tertiary/aromatic N) is 3. The van der Waals surface area contributed by atoms with Gasteiger partial charge in [0.25, 0.3) is 0 Å². The first-order valence-electron chi connectivity index (χ1n) is 4.73. The normalized spacial score (nSPS) is 9.94. The fourth-order valence-corrected chi connectivity index (χ4v) is 1.35. The van der Waals surface area contributed by atoms with Gasteiger partial charge in [-0.1, -0.05) is 5.16 Å². The Labute approximate surface area is 91.7 Å². The molecule has 5 heteroatoms. The molecule has 0 aliphatic carbocycles. The van der Waals surface area contributed by atoms with E-state index in [2.05, 4.69) is 20.6 Å². The predicted molar refractivity (Wildman–Crippen MR) is 57.4 cm³/mol. The first-order chi connectivity index (χ1) is 7.83. The highest BCUT2D eigenvalue weighted by atomic mass is 16.5. The Hall–Kier alpha value is -2.35. The number of hydrogen-bond donors (Lipinski definition) is 0. The van der Waals surface area contributed by atoms with E-state index in [9.17, 15) is 4.79 Å². The Bertz CT molecular complexity index is 563. The highest BCUT2D eigenvalue weighted by Crippen LogP contribution is 2.13. The van der Waals surface area contributed by atoms with Gasteiger partial charge in [0.1, 0.15) is 0 Å². The van der Waals surface area contributed by atoms with Crippen molar-refractivity contribution in [3.63, 3.8) is 0 Å². The van der Waals surface area contributed by atoms with E-state index in [4.69, 9.17) is 6.42 Å². The molecule has 2 heterocycles. The largest absolute Gasteiger partial charge is 0.441 e. The smallest absolute Gasteiger partial charge is 0.295 e. The molecule has 16 heavy (non-hydrogen) atoms. The summed E-state index contributed by atoms with van der Waals surface area (Å²) < 4.78 is 6.03. The van der Waals surface area contributed by atoms with Crippen LogP contribution in [0.5, 0.6) is 0 Å². The summed E-state index contributed by atoms with van der Waals surface area (Å²) >= 11 is 0. The molecule has 0 atom stereocenters. The summed E-state index contributed by atoms with van der Waals surface area (Å²) in [5.41, 5.74) is 0.776. The third-order valence-corrected chi connectivity index (χ3v) is 2.10. The highest BCUT2D eigenvalue weighted by Gasteiger charge is 2.11. The Balaban J connectivity index is 2.43. The van der Waals surface area contributed by atoms with Crippen molar-refractivity contribution in [1.29, 1.82) is 0 Å². The lowest BCUT2D eigenvalue weighted by molar-refractivity contribution is 0.376. The van der Waals surface area contributed by atoms with Gasteiger partial charge in [0.2, 0.25) is 0 Å². The summed E-state index contributed by atoms with van der Waals surface area (Å²) in [5.74, 6) is 2.45. The molecule has 0 unspecified atom stereocenters. The van der Waals surface area contributed by atoms with Crippen LogP contribution in [-0.2, 0) is 6.54 Å². The van der Waals surface area contributed by atoms with Gasteiger partial charge in [-0.25, -0.2) is 4.79 Å². The van der Waals surface area contributed by atoms with E-state index in [1.54, 1.807) is 24.5 Å². The van der Waals surface area contributed by atoms with Crippen LogP contribution in [0.3, 0.4) is 0 Å². The number of rotatable bonds is 3. The molecule has 5 nitrogen and oxygen atoms in total. The minimum absolute atomic E-state index is 0.399. The maximum atomic E-state index is 11.4. The molecule has 0 aliphatic heterocycles. The second-order valence-electron chi connectivity index (χ2n) is 3.11. The lowest BCUT2D eigenvalue weighted by Crippen LogP contribution is -2.15. The molecule has 2 aromatic heterocycles. The summed E-state index contributed by atoms with van der Waals surface area (Å²) in [7, 11) is 0. The van der Waals surface area contributed by atoms with Gasteiger partial charge in [-0.3, -0.25) is 14.1 Å². The van der Waals surface area contributed by atoms with Crippen molar-refractivity contribution < 1.29 is 4.52 Å². The van der Waals surface area contributed by atoms with E-state index < -0.39 is 5.76 Å². The Morgan fingerprint density at radius 2 is 2.19 bits per heavy atom. The molecule has 0 saturated carbocycles. The van der Waals surface area contributed by atoms with Gasteiger partial charge in [0.05, 0.1) is 0 Å². The van der Waals surface area contributed by atoms with Crippen LogP contribution in [0.2, 0.25) is 0 Å². The summed E-state index contributed by atoms with van der Waals surface area (Å²) in [5, 5.41) is 3.72. The van der Waals surface area contributed by atoms with Crippen molar-refractivity contribution in [2.45, 2.75) is 13.0 Å². The highest BCUT2D eigenvalue weighted by molar-refractivity contribution is 5.53. The minimum Gasteiger partial charge on any atom is -0.295 e. The van der Waals surface area contributed by atoms with Crippen LogP contribution in [0, 0.1) is 12.3 Å². The number of terminal acetylenes is 1. The molecule has 0 N–H and O–H groups in total. The van der Waals surface area contributed by atoms with E-state index in [0.717, 1.165) is 5.56 Å². The van der Waals surface area contributed by atoms with Crippen LogP contribution >= 0.6 is 0 Å². The quantitative estimate of drug-likeness (QED) is 0.714. The van der Waals surface area contributed by atoms with Crippen LogP contribution in [0.4, 0.5) is 0 Å². The van der Waals surface area contributed by atoms with Gasteiger partial charge < -0.3 is 0 Å². The van der Waals surface area contributed by atoms with Gasteiger partial charge in [-0.05, 0) is 12.1 Å². The van der Waals surface area contributed by atoms with Crippen molar-refractivity contribution in [2.24, 2.45) is 0 Å². The monoisotopic (exact) mass is 215 g/mol. The summed E-state index contributed by atoms with van der Waals surface area (Å²) in [6, 6.07) is 3.51. The van der Waals surface area contributed by atoms with E-state index in [-0.39, 0.29) is 0 Å². The third-order valence-electron chi connectivity index (χ3n) is 2.10. The van der Waals surface area contributed by atoms with Crippen molar-refractivity contribution in [3.8, 4) is 23.7 Å². The molecule has 0 radical (unpaired) electrons. The average Bonchev–Trinajstić information content (AvgIpc) is 2.69. The molecule has 0 amide bonds. The van der Waals surface area contributed by atoms with Crippen LogP contribution in [-0.4, -0.2) is 14.7 Å². The molecule has 2 aromatic rings. The zero-order valence-electron chi connectivity index (χ0n) is 8.46. The van der Waals surface area contributed by atoms with Gasteiger partial charge in [0, 0.05) is 30.9 Å². The van der Waals surface area contributed by atoms with Crippen molar-refractivity contribution in [3.05, 3.63) is 35.1 Å². The fourth-order valence-electron chi connectivity index (χ4n) is 1.35.